The maximum Gasteiger partial charge on any atom is 0.277 e. The molecule has 0 bridgehead atoms. The van der Waals surface area contributed by atoms with Crippen LogP contribution < -0.4 is 4.74 Å². The Bertz CT molecular complexity index is 788. The lowest BCUT2D eigenvalue weighted by Gasteiger charge is -2.03. The summed E-state index contributed by atoms with van der Waals surface area (Å²) in [5, 5.41) is 8.69. The summed E-state index contributed by atoms with van der Waals surface area (Å²) < 4.78 is 24.4. The molecule has 0 radical (unpaired) electrons. The van der Waals surface area contributed by atoms with E-state index in [1.54, 1.807) is 19.2 Å². The number of hydrogen-bond donors (Lipinski definition) is 0. The van der Waals surface area contributed by atoms with E-state index < -0.39 is 0 Å². The van der Waals surface area contributed by atoms with Crippen LogP contribution in [0.15, 0.2) is 52.1 Å². The molecule has 7 heteroatoms. The van der Waals surface area contributed by atoms with Gasteiger partial charge in [-0.3, -0.25) is 0 Å². The van der Waals surface area contributed by atoms with Crippen LogP contribution in [0, 0.1) is 5.82 Å². The fourth-order valence-corrected chi connectivity index (χ4v) is 3.03. The summed E-state index contributed by atoms with van der Waals surface area (Å²) in [5.41, 5.74) is 1.21. The molecule has 4 nitrogen and oxygen atoms in total. The van der Waals surface area contributed by atoms with Crippen LogP contribution in [0.2, 0.25) is 5.02 Å². The second-order valence-electron chi connectivity index (χ2n) is 4.59. The Labute approximate surface area is 141 Å². The molecule has 1 aromatic heterocycles. The molecule has 1 heterocycles. The highest BCUT2D eigenvalue weighted by atomic mass is 35.5. The summed E-state index contributed by atoms with van der Waals surface area (Å²) >= 11 is 7.23. The Kier molecular flexibility index (Phi) is 4.83. The van der Waals surface area contributed by atoms with Crippen molar-refractivity contribution in [2.45, 2.75) is 11.0 Å². The first-order valence-electron chi connectivity index (χ1n) is 6.71. The first-order valence-corrected chi connectivity index (χ1v) is 8.07. The number of nitrogens with zero attached hydrogens (tertiary/aromatic N) is 2. The molecule has 3 rings (SSSR count). The Morgan fingerprint density at radius 2 is 1.96 bits per heavy atom. The molecule has 3 aromatic rings. The van der Waals surface area contributed by atoms with Crippen molar-refractivity contribution in [1.82, 2.24) is 10.2 Å². The van der Waals surface area contributed by atoms with Crippen LogP contribution >= 0.6 is 23.4 Å². The van der Waals surface area contributed by atoms with Crippen LogP contribution in [0.5, 0.6) is 5.75 Å². The number of methoxy groups -OCH3 is 1. The van der Waals surface area contributed by atoms with Crippen LogP contribution in [0.25, 0.3) is 11.5 Å². The smallest absolute Gasteiger partial charge is 0.277 e. The van der Waals surface area contributed by atoms with Gasteiger partial charge in [0, 0.05) is 21.9 Å². The Hall–Kier alpha value is -2.05. The van der Waals surface area contributed by atoms with E-state index in [1.807, 2.05) is 24.3 Å². The van der Waals surface area contributed by atoms with Gasteiger partial charge in [-0.1, -0.05) is 29.4 Å². The van der Waals surface area contributed by atoms with E-state index in [0.29, 0.717) is 27.5 Å². The molecule has 0 spiro atoms. The normalized spacial score (nSPS) is 10.7. The molecule has 2 aromatic carbocycles. The third-order valence-corrected chi connectivity index (χ3v) is 4.34. The first-order chi connectivity index (χ1) is 11.2. The molecule has 118 valence electrons. The number of rotatable bonds is 5. The van der Waals surface area contributed by atoms with E-state index in [2.05, 4.69) is 10.2 Å². The quantitative estimate of drug-likeness (QED) is 0.617. The van der Waals surface area contributed by atoms with E-state index >= 15 is 0 Å². The van der Waals surface area contributed by atoms with Gasteiger partial charge in [0.1, 0.15) is 11.6 Å². The lowest BCUT2D eigenvalue weighted by atomic mass is 10.2. The largest absolute Gasteiger partial charge is 0.497 e. The highest BCUT2D eigenvalue weighted by molar-refractivity contribution is 7.98. The van der Waals surface area contributed by atoms with Gasteiger partial charge in [0.2, 0.25) is 5.89 Å². The van der Waals surface area contributed by atoms with Gasteiger partial charge < -0.3 is 9.15 Å². The molecule has 0 aliphatic carbocycles. The molecule has 0 fully saturated rings. The van der Waals surface area contributed by atoms with E-state index in [9.17, 15) is 4.39 Å². The summed E-state index contributed by atoms with van der Waals surface area (Å²) in [6.45, 7) is 0. The predicted octanol–water partition coefficient (Wildman–Crippen LogP) is 4.83. The van der Waals surface area contributed by atoms with Gasteiger partial charge in [0.05, 0.1) is 7.11 Å². The summed E-state index contributed by atoms with van der Waals surface area (Å²) in [6, 6.07) is 11.9. The van der Waals surface area contributed by atoms with Crippen molar-refractivity contribution in [2.75, 3.05) is 7.11 Å². The first kappa shape index (κ1) is 15.8. The summed E-state index contributed by atoms with van der Waals surface area (Å²) in [4.78, 5) is 0. The molecule has 0 aliphatic rings. The van der Waals surface area contributed by atoms with Crippen molar-refractivity contribution in [3.05, 3.63) is 58.9 Å². The van der Waals surface area contributed by atoms with Crippen molar-refractivity contribution in [2.24, 2.45) is 0 Å². The van der Waals surface area contributed by atoms with E-state index in [4.69, 9.17) is 20.8 Å². The number of thioether (sulfide) groups is 1. The minimum absolute atomic E-state index is 0.315. The predicted molar refractivity (Wildman–Crippen MR) is 87.3 cm³/mol. The zero-order valence-corrected chi connectivity index (χ0v) is 13.7. The Balaban J connectivity index is 1.72. The van der Waals surface area contributed by atoms with Gasteiger partial charge in [0.15, 0.2) is 0 Å². The van der Waals surface area contributed by atoms with Gasteiger partial charge in [0.25, 0.3) is 5.22 Å². The van der Waals surface area contributed by atoms with Gasteiger partial charge in [-0.05, 0) is 36.4 Å². The topological polar surface area (TPSA) is 48.2 Å². The van der Waals surface area contributed by atoms with Crippen molar-refractivity contribution < 1.29 is 13.5 Å². The van der Waals surface area contributed by atoms with Crippen molar-refractivity contribution in [3.63, 3.8) is 0 Å². The second-order valence-corrected chi connectivity index (χ2v) is 5.92. The van der Waals surface area contributed by atoms with E-state index in [0.717, 1.165) is 11.3 Å². The minimum atomic E-state index is -0.347. The maximum atomic E-state index is 13.7. The fourth-order valence-electron chi connectivity index (χ4n) is 1.92. The molecule has 0 atom stereocenters. The van der Waals surface area contributed by atoms with Crippen LogP contribution in [0.1, 0.15) is 5.56 Å². The van der Waals surface area contributed by atoms with Crippen molar-refractivity contribution in [3.8, 4) is 17.2 Å². The van der Waals surface area contributed by atoms with Crippen LogP contribution in [0.4, 0.5) is 4.39 Å². The highest BCUT2D eigenvalue weighted by Gasteiger charge is 2.12. The fraction of sp³-hybridized carbons (Fsp3) is 0.125. The minimum Gasteiger partial charge on any atom is -0.497 e. The van der Waals surface area contributed by atoms with E-state index in [-0.39, 0.29) is 5.82 Å². The number of hydrogen-bond acceptors (Lipinski definition) is 5. The Morgan fingerprint density at radius 1 is 1.17 bits per heavy atom. The van der Waals surface area contributed by atoms with Crippen LogP contribution in [-0.4, -0.2) is 17.3 Å². The van der Waals surface area contributed by atoms with Gasteiger partial charge in [-0.2, -0.15) is 0 Å². The lowest BCUT2D eigenvalue weighted by molar-refractivity contribution is 0.414. The van der Waals surface area contributed by atoms with Crippen molar-refractivity contribution >= 4 is 23.4 Å². The summed E-state index contributed by atoms with van der Waals surface area (Å²) in [7, 11) is 1.60. The van der Waals surface area contributed by atoms with Gasteiger partial charge in [-0.25, -0.2) is 4.39 Å². The lowest BCUT2D eigenvalue weighted by Crippen LogP contribution is -1.88. The summed E-state index contributed by atoms with van der Waals surface area (Å²) in [6.07, 6.45) is 0. The number of benzene rings is 2. The molecular weight excluding hydrogens is 339 g/mol. The number of halogens is 2. The molecule has 0 aliphatic heterocycles. The third kappa shape index (κ3) is 3.65. The number of ether oxygens (including phenoxy) is 1. The zero-order chi connectivity index (χ0) is 16.2. The molecule has 23 heavy (non-hydrogen) atoms. The third-order valence-electron chi connectivity index (χ3n) is 3.15. The molecule has 0 N–H and O–H groups in total. The van der Waals surface area contributed by atoms with Crippen molar-refractivity contribution in [1.29, 1.82) is 0 Å². The molecule has 0 saturated heterocycles. The van der Waals surface area contributed by atoms with Crippen LogP contribution in [-0.2, 0) is 5.75 Å². The molecule has 0 amide bonds. The van der Waals surface area contributed by atoms with Gasteiger partial charge >= 0.3 is 0 Å². The highest BCUT2D eigenvalue weighted by Crippen LogP contribution is 2.30. The van der Waals surface area contributed by atoms with E-state index in [1.165, 1.54) is 17.8 Å². The monoisotopic (exact) mass is 350 g/mol. The average Bonchev–Trinajstić information content (AvgIpc) is 3.03. The maximum absolute atomic E-state index is 13.7. The number of aromatic nitrogens is 2. The van der Waals surface area contributed by atoms with Gasteiger partial charge in [-0.15, -0.1) is 10.2 Å². The standard InChI is InChI=1S/C16H12ClFN2O2S/c1-21-11-7-5-10(6-8-11)15-19-20-16(22-15)23-9-12-13(17)3-2-4-14(12)18/h2-8H,9H2,1H3. The SMILES string of the molecule is COc1ccc(-c2nnc(SCc3c(F)cccc3Cl)o2)cc1. The zero-order valence-electron chi connectivity index (χ0n) is 12.1. The second kappa shape index (κ2) is 7.02. The molecular formula is C16H12ClFN2O2S. The summed E-state index contributed by atoms with van der Waals surface area (Å²) in [5.74, 6) is 1.11. The van der Waals surface area contributed by atoms with Crippen LogP contribution in [0.3, 0.4) is 0 Å². The molecule has 0 saturated carbocycles. The molecule has 0 unspecified atom stereocenters. The Morgan fingerprint density at radius 3 is 2.65 bits per heavy atom. The average molecular weight is 351 g/mol.